The van der Waals surface area contributed by atoms with E-state index in [1.165, 1.54) is 23.3 Å². The molecule has 0 radical (unpaired) electrons. The van der Waals surface area contributed by atoms with E-state index in [9.17, 15) is 9.59 Å². The quantitative estimate of drug-likeness (QED) is 0.801. The Bertz CT molecular complexity index is 661. The van der Waals surface area contributed by atoms with E-state index in [2.05, 4.69) is 20.5 Å². The van der Waals surface area contributed by atoms with Crippen molar-refractivity contribution >= 4 is 17.2 Å². The molecule has 0 bridgehead atoms. The molecule has 106 valence electrons. The van der Waals surface area contributed by atoms with E-state index in [0.717, 1.165) is 17.7 Å². The lowest BCUT2D eigenvalue weighted by Crippen LogP contribution is -2.27. The van der Waals surface area contributed by atoms with Crippen molar-refractivity contribution in [3.8, 4) is 0 Å². The SMILES string of the molecule is C[C@H](NC(=O)c1cc2c(s1)CCCC2)c1n[nH]c(=O)[nH]1. The number of nitrogens with zero attached hydrogens (tertiary/aromatic N) is 1. The second-order valence-corrected chi connectivity index (χ2v) is 6.16. The normalized spacial score (nSPS) is 15.7. The maximum atomic E-state index is 12.2. The fourth-order valence-electron chi connectivity index (χ4n) is 2.43. The number of aryl methyl sites for hydroxylation is 2. The summed E-state index contributed by atoms with van der Waals surface area (Å²) >= 11 is 1.57. The van der Waals surface area contributed by atoms with Crippen LogP contribution in [0.2, 0.25) is 0 Å². The van der Waals surface area contributed by atoms with Crippen LogP contribution in [0.3, 0.4) is 0 Å². The molecular weight excluding hydrogens is 276 g/mol. The van der Waals surface area contributed by atoms with Gasteiger partial charge < -0.3 is 5.32 Å². The topological polar surface area (TPSA) is 90.6 Å². The van der Waals surface area contributed by atoms with E-state index in [1.807, 2.05) is 6.07 Å². The van der Waals surface area contributed by atoms with Crippen LogP contribution in [0.25, 0.3) is 0 Å². The molecule has 6 nitrogen and oxygen atoms in total. The first-order valence-corrected chi connectivity index (χ1v) is 7.52. The summed E-state index contributed by atoms with van der Waals surface area (Å²) in [5.41, 5.74) is 0.944. The van der Waals surface area contributed by atoms with Gasteiger partial charge >= 0.3 is 5.69 Å². The van der Waals surface area contributed by atoms with Gasteiger partial charge in [-0.1, -0.05) is 0 Å². The first kappa shape index (κ1) is 13.1. The van der Waals surface area contributed by atoms with E-state index in [-0.39, 0.29) is 17.6 Å². The number of thiophene rings is 1. The number of fused-ring (bicyclic) bond motifs is 1. The number of amides is 1. The van der Waals surface area contributed by atoms with Gasteiger partial charge in [0.25, 0.3) is 5.91 Å². The van der Waals surface area contributed by atoms with Crippen molar-refractivity contribution in [2.75, 3.05) is 0 Å². The molecule has 3 N–H and O–H groups in total. The average Bonchev–Trinajstić information content (AvgIpc) is 3.04. The van der Waals surface area contributed by atoms with Crippen LogP contribution in [-0.4, -0.2) is 21.1 Å². The van der Waals surface area contributed by atoms with Crippen molar-refractivity contribution < 1.29 is 4.79 Å². The fourth-order valence-corrected chi connectivity index (χ4v) is 3.58. The van der Waals surface area contributed by atoms with Gasteiger partial charge in [0, 0.05) is 4.88 Å². The summed E-state index contributed by atoms with van der Waals surface area (Å²) in [5, 5.41) is 8.97. The second-order valence-electron chi connectivity index (χ2n) is 5.02. The molecule has 1 amide bonds. The maximum Gasteiger partial charge on any atom is 0.340 e. The minimum atomic E-state index is -0.368. The van der Waals surface area contributed by atoms with Crippen LogP contribution in [0, 0.1) is 0 Å². The highest BCUT2D eigenvalue weighted by Crippen LogP contribution is 2.29. The molecule has 0 saturated heterocycles. The number of rotatable bonds is 3. The van der Waals surface area contributed by atoms with Gasteiger partial charge in [0.05, 0.1) is 10.9 Å². The molecule has 20 heavy (non-hydrogen) atoms. The van der Waals surface area contributed by atoms with Crippen LogP contribution in [-0.2, 0) is 12.8 Å². The molecular formula is C13H16N4O2S. The minimum absolute atomic E-state index is 0.110. The zero-order chi connectivity index (χ0) is 14.1. The van der Waals surface area contributed by atoms with Gasteiger partial charge in [0.1, 0.15) is 0 Å². The summed E-state index contributed by atoms with van der Waals surface area (Å²) in [6.07, 6.45) is 4.56. The van der Waals surface area contributed by atoms with Gasteiger partial charge in [0.15, 0.2) is 5.82 Å². The van der Waals surface area contributed by atoms with Crippen LogP contribution in [0.5, 0.6) is 0 Å². The third-order valence-corrected chi connectivity index (χ3v) is 4.73. The van der Waals surface area contributed by atoms with Gasteiger partial charge in [-0.15, -0.1) is 11.3 Å². The highest BCUT2D eigenvalue weighted by atomic mass is 32.1. The van der Waals surface area contributed by atoms with Gasteiger partial charge in [-0.25, -0.2) is 9.89 Å². The summed E-state index contributed by atoms with van der Waals surface area (Å²) < 4.78 is 0. The van der Waals surface area contributed by atoms with E-state index < -0.39 is 0 Å². The lowest BCUT2D eigenvalue weighted by atomic mass is 9.99. The van der Waals surface area contributed by atoms with Crippen molar-refractivity contribution in [3.05, 3.63) is 37.7 Å². The summed E-state index contributed by atoms with van der Waals surface area (Å²) in [7, 11) is 0. The Kier molecular flexibility index (Phi) is 3.43. The Labute approximate surface area is 119 Å². The molecule has 2 heterocycles. The second kappa shape index (κ2) is 5.24. The van der Waals surface area contributed by atoms with Crippen molar-refractivity contribution in [1.29, 1.82) is 0 Å². The minimum Gasteiger partial charge on any atom is -0.342 e. The third-order valence-electron chi connectivity index (χ3n) is 3.50. The molecule has 0 unspecified atom stereocenters. The maximum absolute atomic E-state index is 12.2. The fraction of sp³-hybridized carbons (Fsp3) is 0.462. The molecule has 2 aromatic rings. The monoisotopic (exact) mass is 292 g/mol. The molecule has 3 rings (SSSR count). The highest BCUT2D eigenvalue weighted by Gasteiger charge is 2.19. The summed E-state index contributed by atoms with van der Waals surface area (Å²) in [6, 6.07) is 1.66. The van der Waals surface area contributed by atoms with Crippen molar-refractivity contribution in [2.45, 2.75) is 38.6 Å². The first-order chi connectivity index (χ1) is 9.63. The Hall–Kier alpha value is -1.89. The summed E-state index contributed by atoms with van der Waals surface area (Å²) in [4.78, 5) is 27.8. The molecule has 7 heteroatoms. The van der Waals surface area contributed by atoms with E-state index >= 15 is 0 Å². The van der Waals surface area contributed by atoms with Gasteiger partial charge in [0.2, 0.25) is 0 Å². The predicted octanol–water partition coefficient (Wildman–Crippen LogP) is 1.53. The Morgan fingerprint density at radius 2 is 2.25 bits per heavy atom. The largest absolute Gasteiger partial charge is 0.342 e. The molecule has 1 atom stereocenters. The van der Waals surface area contributed by atoms with Crippen LogP contribution in [0.1, 0.15) is 51.7 Å². The Morgan fingerprint density at radius 3 is 2.95 bits per heavy atom. The van der Waals surface area contributed by atoms with Gasteiger partial charge in [-0.05, 0) is 44.2 Å². The van der Waals surface area contributed by atoms with Crippen LogP contribution in [0.15, 0.2) is 10.9 Å². The Balaban J connectivity index is 1.72. The van der Waals surface area contributed by atoms with Crippen LogP contribution >= 0.6 is 11.3 Å². The van der Waals surface area contributed by atoms with E-state index in [1.54, 1.807) is 18.3 Å². The predicted molar refractivity (Wildman–Crippen MR) is 76.1 cm³/mol. The number of aromatic amines is 2. The molecule has 2 aromatic heterocycles. The number of hydrogen-bond donors (Lipinski definition) is 3. The molecule has 0 fully saturated rings. The number of nitrogens with one attached hydrogen (secondary N) is 3. The lowest BCUT2D eigenvalue weighted by molar-refractivity contribution is 0.0942. The molecule has 0 aliphatic heterocycles. The molecule has 1 aliphatic rings. The molecule has 0 saturated carbocycles. The number of aromatic nitrogens is 3. The zero-order valence-corrected chi connectivity index (χ0v) is 12.0. The summed E-state index contributed by atoms with van der Waals surface area (Å²) in [5.74, 6) is 0.324. The van der Waals surface area contributed by atoms with E-state index in [4.69, 9.17) is 0 Å². The zero-order valence-electron chi connectivity index (χ0n) is 11.2. The number of carbonyl (C=O) groups excluding carboxylic acids is 1. The van der Waals surface area contributed by atoms with Gasteiger partial charge in [-0.2, -0.15) is 5.10 Å². The van der Waals surface area contributed by atoms with Gasteiger partial charge in [-0.3, -0.25) is 9.78 Å². The Morgan fingerprint density at radius 1 is 1.45 bits per heavy atom. The number of H-pyrrole nitrogens is 2. The first-order valence-electron chi connectivity index (χ1n) is 6.70. The highest BCUT2D eigenvalue weighted by molar-refractivity contribution is 7.14. The molecule has 0 spiro atoms. The van der Waals surface area contributed by atoms with Crippen LogP contribution < -0.4 is 11.0 Å². The van der Waals surface area contributed by atoms with Crippen molar-refractivity contribution in [1.82, 2.24) is 20.5 Å². The molecule has 0 aromatic carbocycles. The van der Waals surface area contributed by atoms with E-state index in [0.29, 0.717) is 5.82 Å². The summed E-state index contributed by atoms with van der Waals surface area (Å²) in [6.45, 7) is 1.79. The third kappa shape index (κ3) is 2.53. The van der Waals surface area contributed by atoms with Crippen molar-refractivity contribution in [3.63, 3.8) is 0 Å². The standard InChI is InChI=1S/C13H16N4O2S/c1-7(11-15-13(19)17-16-11)14-12(18)10-6-8-4-2-3-5-9(8)20-10/h6-7H,2-5H2,1H3,(H,14,18)(H2,15,16,17,19)/t7-/m0/s1. The van der Waals surface area contributed by atoms with Crippen molar-refractivity contribution in [2.24, 2.45) is 0 Å². The number of carbonyl (C=O) groups is 1. The molecule has 1 aliphatic carbocycles. The number of hydrogen-bond acceptors (Lipinski definition) is 4. The smallest absolute Gasteiger partial charge is 0.340 e. The van der Waals surface area contributed by atoms with Crippen LogP contribution in [0.4, 0.5) is 0 Å². The lowest BCUT2D eigenvalue weighted by Gasteiger charge is -2.09. The average molecular weight is 292 g/mol.